The summed E-state index contributed by atoms with van der Waals surface area (Å²) in [6.07, 6.45) is 0. The Bertz CT molecular complexity index is 2620. The van der Waals surface area contributed by atoms with E-state index in [1.54, 1.807) is 0 Å². The third kappa shape index (κ3) is 5.79. The summed E-state index contributed by atoms with van der Waals surface area (Å²) >= 11 is 0. The molecule has 0 N–H and O–H groups in total. The molecule has 0 saturated heterocycles. The summed E-state index contributed by atoms with van der Waals surface area (Å²) in [5.74, 6) is 0. The first kappa shape index (κ1) is 33.6. The Kier molecular flexibility index (Phi) is 8.59. The molecule has 0 bridgehead atoms. The van der Waals surface area contributed by atoms with Gasteiger partial charge in [0.25, 0.3) is 0 Å². The van der Waals surface area contributed by atoms with Crippen LogP contribution < -0.4 is 25.6 Å². The zero-order valence-corrected chi connectivity index (χ0v) is 32.0. The number of fused-ring (bicyclic) bond motifs is 3. The topological polar surface area (TPSA) is 3.24 Å². The second-order valence-corrected chi connectivity index (χ2v) is 18.2. The molecular weight excluding hydrogens is 691 g/mol. The van der Waals surface area contributed by atoms with Gasteiger partial charge in [0.15, 0.2) is 8.07 Å². The molecule has 1 aliphatic rings. The molecule has 1 heterocycles. The first-order chi connectivity index (χ1) is 27.8. The summed E-state index contributed by atoms with van der Waals surface area (Å²) in [7, 11) is -2.51. The molecule has 0 spiro atoms. The van der Waals surface area contributed by atoms with Crippen LogP contribution in [0.4, 0.5) is 17.1 Å². The van der Waals surface area contributed by atoms with E-state index in [0.717, 1.165) is 17.1 Å². The molecule has 0 atom stereocenters. The summed E-state index contributed by atoms with van der Waals surface area (Å²) in [5, 5.41) is 5.76. The molecule has 0 fully saturated rings. The Morgan fingerprint density at radius 3 is 1.05 bits per heavy atom. The van der Waals surface area contributed by atoms with Crippen molar-refractivity contribution in [1.29, 1.82) is 0 Å². The molecule has 0 aliphatic carbocycles. The van der Waals surface area contributed by atoms with Crippen LogP contribution in [0.5, 0.6) is 0 Å². The number of hydrogen-bond donors (Lipinski definition) is 0. The molecule has 1 aliphatic heterocycles. The van der Waals surface area contributed by atoms with Crippen molar-refractivity contribution in [2.24, 2.45) is 0 Å². The van der Waals surface area contributed by atoms with Crippen molar-refractivity contribution in [3.8, 4) is 44.5 Å². The maximum absolute atomic E-state index is 2.51. The number of hydrogen-bond acceptors (Lipinski definition) is 1. The molecule has 10 rings (SSSR count). The second-order valence-electron chi connectivity index (χ2n) is 14.5. The molecule has 9 aromatic carbocycles. The van der Waals surface area contributed by atoms with Gasteiger partial charge in [-0.3, -0.25) is 0 Å². The Labute approximate surface area is 330 Å². The van der Waals surface area contributed by atoms with Crippen LogP contribution in [-0.4, -0.2) is 8.07 Å². The van der Waals surface area contributed by atoms with Crippen molar-refractivity contribution in [1.82, 2.24) is 0 Å². The molecule has 0 unspecified atom stereocenters. The van der Waals surface area contributed by atoms with E-state index in [0.29, 0.717) is 0 Å². The zero-order valence-electron chi connectivity index (χ0n) is 31.0. The standard InChI is InChI=1S/C54H39NSi/c1-5-15-40(16-6-1)42-25-32-46(33-26-42)55(47-34-27-43(28-35-47)41-17-7-2-8-18-41)48-36-29-44(30-37-48)45-31-38-54-52(39-45)51-23-13-14-24-53(51)56(54,49-19-9-3-10-20-49)50-21-11-4-12-22-50/h1-39H. The maximum atomic E-state index is 2.44. The van der Waals surface area contributed by atoms with Crippen molar-refractivity contribution in [2.45, 2.75) is 0 Å². The molecule has 264 valence electrons. The molecule has 0 radical (unpaired) electrons. The number of nitrogens with zero attached hydrogens (tertiary/aromatic N) is 1. The van der Waals surface area contributed by atoms with Crippen molar-refractivity contribution in [2.75, 3.05) is 4.90 Å². The second kappa shape index (κ2) is 14.3. The molecule has 0 saturated carbocycles. The number of anilines is 3. The van der Waals surface area contributed by atoms with Crippen LogP contribution in [0.15, 0.2) is 237 Å². The Morgan fingerprint density at radius 2 is 0.589 bits per heavy atom. The first-order valence-electron chi connectivity index (χ1n) is 19.3. The van der Waals surface area contributed by atoms with Gasteiger partial charge in [-0.1, -0.05) is 194 Å². The number of benzene rings is 9. The summed E-state index contributed by atoms with van der Waals surface area (Å²) in [5.41, 5.74) is 13.3. The Balaban J connectivity index is 1.05. The van der Waals surface area contributed by atoms with Gasteiger partial charge in [-0.2, -0.15) is 0 Å². The van der Waals surface area contributed by atoms with Crippen LogP contribution in [0, 0.1) is 0 Å². The summed E-state index contributed by atoms with van der Waals surface area (Å²) in [6.45, 7) is 0. The molecule has 9 aromatic rings. The normalized spacial score (nSPS) is 12.4. The lowest BCUT2D eigenvalue weighted by Crippen LogP contribution is -2.72. The monoisotopic (exact) mass is 729 g/mol. The molecule has 1 nitrogen and oxygen atoms in total. The summed E-state index contributed by atoms with van der Waals surface area (Å²) in [6, 6.07) is 86.8. The average Bonchev–Trinajstić information content (AvgIpc) is 3.59. The van der Waals surface area contributed by atoms with Gasteiger partial charge in [0.05, 0.1) is 0 Å². The zero-order chi connectivity index (χ0) is 37.3. The lowest BCUT2D eigenvalue weighted by molar-refractivity contribution is 1.28. The quantitative estimate of drug-likeness (QED) is 0.141. The largest absolute Gasteiger partial charge is 0.311 e. The lowest BCUT2D eigenvalue weighted by Gasteiger charge is -2.31. The Hall–Kier alpha value is -7.00. The van der Waals surface area contributed by atoms with Crippen LogP contribution in [0.1, 0.15) is 0 Å². The fourth-order valence-electron chi connectivity index (χ4n) is 8.75. The van der Waals surface area contributed by atoms with E-state index < -0.39 is 8.07 Å². The van der Waals surface area contributed by atoms with Gasteiger partial charge in [0.2, 0.25) is 0 Å². The van der Waals surface area contributed by atoms with Crippen molar-refractivity contribution >= 4 is 45.9 Å². The maximum Gasteiger partial charge on any atom is 0.180 e. The van der Waals surface area contributed by atoms with Gasteiger partial charge in [-0.05, 0) is 108 Å². The minimum atomic E-state index is -2.51. The van der Waals surface area contributed by atoms with Gasteiger partial charge in [-0.15, -0.1) is 0 Å². The van der Waals surface area contributed by atoms with E-state index in [2.05, 4.69) is 241 Å². The van der Waals surface area contributed by atoms with Gasteiger partial charge in [0.1, 0.15) is 0 Å². The van der Waals surface area contributed by atoms with Crippen molar-refractivity contribution in [3.63, 3.8) is 0 Å². The highest BCUT2D eigenvalue weighted by atomic mass is 28.3. The predicted molar refractivity (Wildman–Crippen MR) is 240 cm³/mol. The third-order valence-electron chi connectivity index (χ3n) is 11.4. The van der Waals surface area contributed by atoms with Gasteiger partial charge in [-0.25, -0.2) is 0 Å². The highest BCUT2D eigenvalue weighted by molar-refractivity contribution is 7.22. The van der Waals surface area contributed by atoms with Crippen LogP contribution in [0.3, 0.4) is 0 Å². The van der Waals surface area contributed by atoms with E-state index in [9.17, 15) is 0 Å². The molecular formula is C54H39NSi. The van der Waals surface area contributed by atoms with Crippen molar-refractivity contribution < 1.29 is 0 Å². The van der Waals surface area contributed by atoms with E-state index >= 15 is 0 Å². The fraction of sp³-hybridized carbons (Fsp3) is 0. The molecule has 0 aromatic heterocycles. The van der Waals surface area contributed by atoms with Gasteiger partial charge in [0, 0.05) is 17.1 Å². The Morgan fingerprint density at radius 1 is 0.250 bits per heavy atom. The molecule has 2 heteroatoms. The smallest absolute Gasteiger partial charge is 0.180 e. The molecule has 0 amide bonds. The van der Waals surface area contributed by atoms with Gasteiger partial charge < -0.3 is 4.90 Å². The van der Waals surface area contributed by atoms with Crippen LogP contribution in [0.2, 0.25) is 0 Å². The minimum Gasteiger partial charge on any atom is -0.311 e. The predicted octanol–water partition coefficient (Wildman–Crippen LogP) is 11.5. The minimum absolute atomic E-state index is 1.11. The highest BCUT2D eigenvalue weighted by Crippen LogP contribution is 2.38. The van der Waals surface area contributed by atoms with Crippen molar-refractivity contribution in [3.05, 3.63) is 237 Å². The first-order valence-corrected chi connectivity index (χ1v) is 21.3. The average molecular weight is 730 g/mol. The van der Waals surface area contributed by atoms with Crippen LogP contribution in [0.25, 0.3) is 44.5 Å². The van der Waals surface area contributed by atoms with E-state index in [-0.39, 0.29) is 0 Å². The van der Waals surface area contributed by atoms with E-state index in [4.69, 9.17) is 0 Å². The van der Waals surface area contributed by atoms with Crippen LogP contribution in [-0.2, 0) is 0 Å². The third-order valence-corrected chi connectivity index (χ3v) is 16.3. The highest BCUT2D eigenvalue weighted by Gasteiger charge is 2.48. The summed E-state index contributed by atoms with van der Waals surface area (Å²) < 4.78 is 0. The SMILES string of the molecule is c1ccc(-c2ccc(N(c3ccc(-c4ccccc4)cc3)c3ccc(-c4ccc5c(c4)-c4ccccc4[Si]5(c4ccccc4)c4ccccc4)cc3)cc2)cc1. The molecule has 56 heavy (non-hydrogen) atoms. The lowest BCUT2D eigenvalue weighted by atomic mass is 9.98. The van der Waals surface area contributed by atoms with E-state index in [1.165, 1.54) is 65.3 Å². The van der Waals surface area contributed by atoms with Crippen LogP contribution >= 0.6 is 0 Å². The fourth-order valence-corrected chi connectivity index (χ4v) is 13.9. The van der Waals surface area contributed by atoms with E-state index in [1.807, 2.05) is 0 Å². The number of rotatable bonds is 8. The summed E-state index contributed by atoms with van der Waals surface area (Å²) in [4.78, 5) is 2.35. The van der Waals surface area contributed by atoms with Gasteiger partial charge >= 0.3 is 0 Å².